The smallest absolute Gasteiger partial charge is 0.272 e. The number of hydrogen-bond acceptors (Lipinski definition) is 3. The zero-order valence-corrected chi connectivity index (χ0v) is 21.5. The molecule has 0 bridgehead atoms. The highest BCUT2D eigenvalue weighted by molar-refractivity contribution is 6.37. The van der Waals surface area contributed by atoms with Crippen molar-refractivity contribution in [3.63, 3.8) is 0 Å². The molecule has 0 aliphatic heterocycles. The molecule has 0 aliphatic rings. The molecular formula is C31H22Cl2N2O3. The van der Waals surface area contributed by atoms with Gasteiger partial charge in [0.05, 0.1) is 0 Å². The maximum absolute atomic E-state index is 13.2. The van der Waals surface area contributed by atoms with Crippen molar-refractivity contribution in [2.75, 3.05) is 5.32 Å². The third-order valence-corrected chi connectivity index (χ3v) is 6.13. The van der Waals surface area contributed by atoms with Gasteiger partial charge in [-0.3, -0.25) is 14.4 Å². The highest BCUT2D eigenvalue weighted by Crippen LogP contribution is 2.27. The van der Waals surface area contributed by atoms with Crippen LogP contribution in [-0.4, -0.2) is 17.6 Å². The molecule has 5 nitrogen and oxygen atoms in total. The molecule has 2 amide bonds. The number of amides is 2. The van der Waals surface area contributed by atoms with Crippen LogP contribution in [0.4, 0.5) is 5.69 Å². The van der Waals surface area contributed by atoms with Gasteiger partial charge in [0, 0.05) is 32.4 Å². The van der Waals surface area contributed by atoms with Gasteiger partial charge in [-0.2, -0.15) is 0 Å². The van der Waals surface area contributed by atoms with Gasteiger partial charge in [-0.25, -0.2) is 0 Å². The second-order valence-corrected chi connectivity index (χ2v) is 8.97. The summed E-state index contributed by atoms with van der Waals surface area (Å²) in [5, 5.41) is 6.04. The molecule has 188 valence electrons. The van der Waals surface area contributed by atoms with Gasteiger partial charge in [0.2, 0.25) is 0 Å². The predicted octanol–water partition coefficient (Wildman–Crippen LogP) is 7.30. The van der Waals surface area contributed by atoms with Gasteiger partial charge in [-0.1, -0.05) is 83.9 Å². The first-order valence-corrected chi connectivity index (χ1v) is 12.4. The molecule has 0 atom stereocenters. The fourth-order valence-electron chi connectivity index (χ4n) is 3.48. The minimum Gasteiger partial charge on any atom is -0.321 e. The van der Waals surface area contributed by atoms with Crippen LogP contribution in [0.3, 0.4) is 0 Å². The maximum atomic E-state index is 13.2. The topological polar surface area (TPSA) is 75.3 Å². The third-order valence-electron chi connectivity index (χ3n) is 5.47. The van der Waals surface area contributed by atoms with Crippen LogP contribution < -0.4 is 10.6 Å². The van der Waals surface area contributed by atoms with Crippen LogP contribution >= 0.6 is 23.2 Å². The van der Waals surface area contributed by atoms with E-state index in [0.717, 1.165) is 5.56 Å². The molecule has 4 aromatic rings. The Hall–Kier alpha value is -4.45. The van der Waals surface area contributed by atoms with Gasteiger partial charge in [-0.05, 0) is 66.2 Å². The minimum atomic E-state index is -0.590. The number of hydrogen-bond donors (Lipinski definition) is 2. The Kier molecular flexibility index (Phi) is 8.88. The molecule has 0 heterocycles. The summed E-state index contributed by atoms with van der Waals surface area (Å²) < 4.78 is 0. The van der Waals surface area contributed by atoms with E-state index in [9.17, 15) is 14.4 Å². The molecule has 0 spiro atoms. The molecule has 7 heteroatoms. The number of nitrogens with one attached hydrogen (secondary N) is 2. The van der Waals surface area contributed by atoms with Crippen molar-refractivity contribution in [2.45, 2.75) is 0 Å². The molecule has 0 radical (unpaired) electrons. The lowest BCUT2D eigenvalue weighted by Gasteiger charge is -2.12. The Morgan fingerprint density at radius 3 is 1.89 bits per heavy atom. The SMILES string of the molecule is O=C(Nc1ccc(C(=O)/C=C/c2ccccc2)cc1)/C(=C/c1c(Cl)cccc1Cl)NC(=O)c1ccccc1. The number of rotatable bonds is 8. The Labute approximate surface area is 230 Å². The van der Waals surface area contributed by atoms with E-state index in [-0.39, 0.29) is 11.5 Å². The molecule has 0 unspecified atom stereocenters. The van der Waals surface area contributed by atoms with Crippen LogP contribution in [0.5, 0.6) is 0 Å². The van der Waals surface area contributed by atoms with Crippen molar-refractivity contribution in [1.29, 1.82) is 0 Å². The standard InChI is InChI=1S/C31H22Cl2N2O3/c32-26-12-7-13-27(33)25(26)20-28(35-30(37)23-10-5-2-6-11-23)31(38)34-24-17-15-22(16-18-24)29(36)19-14-21-8-3-1-4-9-21/h1-20H,(H,34,38)(H,35,37)/b19-14+,28-20-. The van der Waals surface area contributed by atoms with Crippen molar-refractivity contribution in [1.82, 2.24) is 5.32 Å². The van der Waals surface area contributed by atoms with E-state index in [0.29, 0.717) is 32.4 Å². The summed E-state index contributed by atoms with van der Waals surface area (Å²) in [4.78, 5) is 38.6. The van der Waals surface area contributed by atoms with Crippen LogP contribution in [0.15, 0.2) is 115 Å². The van der Waals surface area contributed by atoms with Crippen molar-refractivity contribution in [2.24, 2.45) is 0 Å². The van der Waals surface area contributed by atoms with Crippen LogP contribution in [0.1, 0.15) is 31.8 Å². The Morgan fingerprint density at radius 2 is 1.26 bits per heavy atom. The van der Waals surface area contributed by atoms with Crippen molar-refractivity contribution >= 4 is 58.6 Å². The molecule has 4 aromatic carbocycles. The number of ketones is 1. The molecule has 0 fully saturated rings. The van der Waals surface area contributed by atoms with Crippen LogP contribution in [0.25, 0.3) is 12.2 Å². The van der Waals surface area contributed by atoms with Gasteiger partial charge in [0.1, 0.15) is 5.70 Å². The molecule has 38 heavy (non-hydrogen) atoms. The van der Waals surface area contributed by atoms with Gasteiger partial charge >= 0.3 is 0 Å². The highest BCUT2D eigenvalue weighted by atomic mass is 35.5. The fraction of sp³-hybridized carbons (Fsp3) is 0. The minimum absolute atomic E-state index is 0.0557. The lowest BCUT2D eigenvalue weighted by Crippen LogP contribution is -2.30. The maximum Gasteiger partial charge on any atom is 0.272 e. The number of carbonyl (C=O) groups excluding carboxylic acids is 3. The summed E-state index contributed by atoms with van der Waals surface area (Å²) in [6, 6.07) is 29.4. The summed E-state index contributed by atoms with van der Waals surface area (Å²) in [7, 11) is 0. The van der Waals surface area contributed by atoms with Gasteiger partial charge in [0.15, 0.2) is 5.78 Å². The first-order valence-electron chi connectivity index (χ1n) is 11.6. The normalized spacial score (nSPS) is 11.3. The van der Waals surface area contributed by atoms with E-state index in [1.165, 1.54) is 12.2 Å². The van der Waals surface area contributed by atoms with E-state index in [2.05, 4.69) is 10.6 Å². The van der Waals surface area contributed by atoms with Crippen molar-refractivity contribution < 1.29 is 14.4 Å². The number of halogens is 2. The van der Waals surface area contributed by atoms with Crippen molar-refractivity contribution in [3.8, 4) is 0 Å². The summed E-state index contributed by atoms with van der Waals surface area (Å²) in [6.45, 7) is 0. The van der Waals surface area contributed by atoms with E-state index in [1.54, 1.807) is 78.9 Å². The summed E-state index contributed by atoms with van der Waals surface area (Å²) in [5.41, 5.74) is 2.53. The van der Waals surface area contributed by atoms with Crippen LogP contribution in [0.2, 0.25) is 10.0 Å². The molecule has 0 saturated heterocycles. The quantitative estimate of drug-likeness (QED) is 0.182. The molecule has 2 N–H and O–H groups in total. The number of carbonyl (C=O) groups is 3. The lowest BCUT2D eigenvalue weighted by atomic mass is 10.1. The van der Waals surface area contributed by atoms with Crippen LogP contribution in [-0.2, 0) is 4.79 Å². The summed E-state index contributed by atoms with van der Waals surface area (Å²) >= 11 is 12.6. The van der Waals surface area contributed by atoms with E-state index in [4.69, 9.17) is 23.2 Å². The van der Waals surface area contributed by atoms with Crippen LogP contribution in [0, 0.1) is 0 Å². The largest absolute Gasteiger partial charge is 0.321 e. The summed E-state index contributed by atoms with van der Waals surface area (Å²) in [5.74, 6) is -1.23. The Balaban J connectivity index is 1.53. The Bertz CT molecular complexity index is 1490. The molecular weight excluding hydrogens is 519 g/mol. The van der Waals surface area contributed by atoms with E-state index < -0.39 is 11.8 Å². The van der Waals surface area contributed by atoms with Gasteiger partial charge < -0.3 is 10.6 Å². The first kappa shape index (κ1) is 26.6. The average molecular weight is 541 g/mol. The van der Waals surface area contributed by atoms with Gasteiger partial charge in [0.25, 0.3) is 11.8 Å². The number of anilines is 1. The molecule has 0 aliphatic carbocycles. The third kappa shape index (κ3) is 7.07. The number of benzene rings is 4. The average Bonchev–Trinajstić information content (AvgIpc) is 2.94. The second kappa shape index (κ2) is 12.7. The predicted molar refractivity (Wildman–Crippen MR) is 153 cm³/mol. The van der Waals surface area contributed by atoms with E-state index in [1.807, 2.05) is 30.3 Å². The monoisotopic (exact) mass is 540 g/mol. The first-order chi connectivity index (χ1) is 18.4. The molecule has 0 saturated carbocycles. The van der Waals surface area contributed by atoms with Gasteiger partial charge in [-0.15, -0.1) is 0 Å². The second-order valence-electron chi connectivity index (χ2n) is 8.15. The molecule has 4 rings (SSSR count). The number of allylic oxidation sites excluding steroid dienone is 1. The van der Waals surface area contributed by atoms with E-state index >= 15 is 0 Å². The van der Waals surface area contributed by atoms with Crippen molar-refractivity contribution in [3.05, 3.63) is 147 Å². The summed E-state index contributed by atoms with van der Waals surface area (Å²) in [6.07, 6.45) is 4.66. The fourth-order valence-corrected chi connectivity index (χ4v) is 3.99. The zero-order valence-electron chi connectivity index (χ0n) is 20.0. The lowest BCUT2D eigenvalue weighted by molar-refractivity contribution is -0.113. The zero-order chi connectivity index (χ0) is 26.9. The molecule has 0 aromatic heterocycles. The Morgan fingerprint density at radius 1 is 0.658 bits per heavy atom. The highest BCUT2D eigenvalue weighted by Gasteiger charge is 2.17.